The van der Waals surface area contributed by atoms with Crippen LogP contribution in [0.5, 0.6) is 5.75 Å². The molecule has 0 heterocycles. The van der Waals surface area contributed by atoms with Gasteiger partial charge >= 0.3 is 0 Å². The molecule has 1 atom stereocenters. The molecule has 1 aliphatic carbocycles. The zero-order valence-electron chi connectivity index (χ0n) is 10.0. The molecule has 0 spiro atoms. The van der Waals surface area contributed by atoms with Crippen molar-refractivity contribution >= 4 is 11.8 Å². The molecule has 0 aliphatic heterocycles. The molecular weight excluding hydrogens is 232 g/mol. The normalized spacial score (nSPS) is 18.4. The molecule has 1 aromatic carbocycles. The number of benzene rings is 1. The van der Waals surface area contributed by atoms with Crippen LogP contribution in [0.3, 0.4) is 0 Å². The highest BCUT2D eigenvalue weighted by Crippen LogP contribution is 2.30. The molecule has 0 aromatic heterocycles. The van der Waals surface area contributed by atoms with Gasteiger partial charge in [-0.15, -0.1) is 0 Å². The lowest BCUT2D eigenvalue weighted by molar-refractivity contribution is 0.200. The minimum absolute atomic E-state index is 0.276. The summed E-state index contributed by atoms with van der Waals surface area (Å²) in [7, 11) is 0. The lowest BCUT2D eigenvalue weighted by Gasteiger charge is -2.13. The summed E-state index contributed by atoms with van der Waals surface area (Å²) in [5.74, 6) is 1.08. The molecule has 1 fully saturated rings. The third-order valence-corrected chi connectivity index (χ3v) is 4.73. The first-order valence-corrected chi connectivity index (χ1v) is 7.36. The third kappa shape index (κ3) is 4.25. The van der Waals surface area contributed by atoms with Gasteiger partial charge < -0.3 is 10.2 Å². The lowest BCUT2D eigenvalue weighted by Crippen LogP contribution is -2.15. The maximum atomic E-state index is 9.95. The Balaban J connectivity index is 1.74. The summed E-state index contributed by atoms with van der Waals surface area (Å²) < 4.78 is 0. The van der Waals surface area contributed by atoms with E-state index in [4.69, 9.17) is 0 Å². The fourth-order valence-corrected chi connectivity index (χ4v) is 3.60. The number of aliphatic hydroxyl groups excluding tert-OH is 1. The van der Waals surface area contributed by atoms with Gasteiger partial charge in [0.1, 0.15) is 5.75 Å². The Labute approximate surface area is 107 Å². The maximum absolute atomic E-state index is 9.95. The minimum atomic E-state index is -0.303. The van der Waals surface area contributed by atoms with Gasteiger partial charge in [-0.25, -0.2) is 0 Å². The van der Waals surface area contributed by atoms with E-state index in [0.717, 1.165) is 16.6 Å². The highest BCUT2D eigenvalue weighted by Gasteiger charge is 2.17. The van der Waals surface area contributed by atoms with E-state index >= 15 is 0 Å². The van der Waals surface area contributed by atoms with Crippen LogP contribution in [0, 0.1) is 0 Å². The molecule has 0 amide bonds. The summed E-state index contributed by atoms with van der Waals surface area (Å²) in [6, 6.07) is 7.15. The van der Waals surface area contributed by atoms with Gasteiger partial charge in [0.2, 0.25) is 0 Å². The zero-order valence-corrected chi connectivity index (χ0v) is 10.8. The van der Waals surface area contributed by atoms with Crippen molar-refractivity contribution < 1.29 is 10.2 Å². The first-order chi connectivity index (χ1) is 8.24. The molecule has 2 rings (SSSR count). The van der Waals surface area contributed by atoms with Gasteiger partial charge in [0, 0.05) is 11.0 Å². The summed E-state index contributed by atoms with van der Waals surface area (Å²) in [6.07, 6.45) is 5.64. The average molecular weight is 252 g/mol. The predicted molar refractivity (Wildman–Crippen MR) is 72.5 cm³/mol. The first kappa shape index (κ1) is 12.8. The molecule has 1 unspecified atom stereocenters. The monoisotopic (exact) mass is 252 g/mol. The predicted octanol–water partition coefficient (Wildman–Crippen LogP) is 2.97. The standard InChI is InChI=1S/C14H20O2S/c15-12-5-3-4-11(8-12)9-13(16)10-17-14-6-1-2-7-14/h3-5,8,13-16H,1-2,6-7,9-10H2. The molecule has 0 bridgehead atoms. The number of rotatable bonds is 5. The molecule has 94 valence electrons. The van der Waals surface area contributed by atoms with Crippen LogP contribution in [0.1, 0.15) is 31.2 Å². The van der Waals surface area contributed by atoms with E-state index in [1.165, 1.54) is 25.7 Å². The maximum Gasteiger partial charge on any atom is 0.115 e. The summed E-state index contributed by atoms with van der Waals surface area (Å²) in [5.41, 5.74) is 1.00. The van der Waals surface area contributed by atoms with Gasteiger partial charge in [-0.2, -0.15) is 11.8 Å². The molecular formula is C14H20O2S. The van der Waals surface area contributed by atoms with E-state index in [1.807, 2.05) is 23.9 Å². The Hall–Kier alpha value is -0.670. The lowest BCUT2D eigenvalue weighted by atomic mass is 10.1. The van der Waals surface area contributed by atoms with E-state index in [1.54, 1.807) is 12.1 Å². The molecule has 17 heavy (non-hydrogen) atoms. The van der Waals surface area contributed by atoms with Crippen LogP contribution in [0.2, 0.25) is 0 Å². The number of thioether (sulfide) groups is 1. The van der Waals surface area contributed by atoms with Crippen LogP contribution >= 0.6 is 11.8 Å². The summed E-state index contributed by atoms with van der Waals surface area (Å²) in [6.45, 7) is 0. The Kier molecular flexibility index (Phi) is 4.75. The summed E-state index contributed by atoms with van der Waals surface area (Å²) >= 11 is 1.90. The van der Waals surface area contributed by atoms with E-state index in [0.29, 0.717) is 6.42 Å². The molecule has 3 heteroatoms. The number of phenols is 1. The minimum Gasteiger partial charge on any atom is -0.508 e. The molecule has 1 aromatic rings. The van der Waals surface area contributed by atoms with E-state index in [2.05, 4.69) is 0 Å². The van der Waals surface area contributed by atoms with Crippen molar-refractivity contribution in [1.29, 1.82) is 0 Å². The average Bonchev–Trinajstić information content (AvgIpc) is 2.79. The largest absolute Gasteiger partial charge is 0.508 e. The van der Waals surface area contributed by atoms with Crippen molar-refractivity contribution in [2.75, 3.05) is 5.75 Å². The second-order valence-electron chi connectivity index (χ2n) is 4.77. The van der Waals surface area contributed by atoms with Gasteiger partial charge in [-0.3, -0.25) is 0 Å². The fraction of sp³-hybridized carbons (Fsp3) is 0.571. The Bertz CT molecular complexity index is 348. The molecule has 1 aliphatic rings. The van der Waals surface area contributed by atoms with Crippen LogP contribution in [0.4, 0.5) is 0 Å². The van der Waals surface area contributed by atoms with Crippen molar-refractivity contribution in [3.05, 3.63) is 29.8 Å². The highest BCUT2D eigenvalue weighted by molar-refractivity contribution is 7.99. The van der Waals surface area contributed by atoms with E-state index < -0.39 is 0 Å². The molecule has 0 saturated heterocycles. The van der Waals surface area contributed by atoms with Crippen LogP contribution in [0.15, 0.2) is 24.3 Å². The van der Waals surface area contributed by atoms with Crippen molar-refractivity contribution in [2.24, 2.45) is 0 Å². The summed E-state index contributed by atoms with van der Waals surface area (Å²) in [4.78, 5) is 0. The highest BCUT2D eigenvalue weighted by atomic mass is 32.2. The summed E-state index contributed by atoms with van der Waals surface area (Å²) in [5, 5.41) is 20.1. The van der Waals surface area contributed by atoms with Gasteiger partial charge in [0.25, 0.3) is 0 Å². The molecule has 2 N–H and O–H groups in total. The van der Waals surface area contributed by atoms with Crippen molar-refractivity contribution in [3.8, 4) is 5.75 Å². The Morgan fingerprint density at radius 2 is 2.06 bits per heavy atom. The number of aromatic hydroxyl groups is 1. The number of hydrogen-bond acceptors (Lipinski definition) is 3. The van der Waals surface area contributed by atoms with Crippen molar-refractivity contribution in [3.63, 3.8) is 0 Å². The van der Waals surface area contributed by atoms with E-state index in [-0.39, 0.29) is 11.9 Å². The number of phenolic OH excluding ortho intramolecular Hbond substituents is 1. The zero-order chi connectivity index (χ0) is 12.1. The van der Waals surface area contributed by atoms with Crippen LogP contribution in [-0.2, 0) is 6.42 Å². The second-order valence-corrected chi connectivity index (χ2v) is 6.10. The van der Waals surface area contributed by atoms with Gasteiger partial charge in [-0.05, 0) is 37.0 Å². The smallest absolute Gasteiger partial charge is 0.115 e. The quantitative estimate of drug-likeness (QED) is 0.846. The second kappa shape index (κ2) is 6.31. The van der Waals surface area contributed by atoms with Crippen LogP contribution < -0.4 is 0 Å². The van der Waals surface area contributed by atoms with E-state index in [9.17, 15) is 10.2 Å². The van der Waals surface area contributed by atoms with Gasteiger partial charge in [-0.1, -0.05) is 25.0 Å². The van der Waals surface area contributed by atoms with Gasteiger partial charge in [0.15, 0.2) is 0 Å². The topological polar surface area (TPSA) is 40.5 Å². The Morgan fingerprint density at radius 3 is 2.76 bits per heavy atom. The fourth-order valence-electron chi connectivity index (χ4n) is 2.32. The third-order valence-electron chi connectivity index (χ3n) is 3.21. The number of hydrogen-bond donors (Lipinski definition) is 2. The SMILES string of the molecule is Oc1cccc(CC(O)CSC2CCCC2)c1. The van der Waals surface area contributed by atoms with Crippen molar-refractivity contribution in [2.45, 2.75) is 43.5 Å². The van der Waals surface area contributed by atoms with Gasteiger partial charge in [0.05, 0.1) is 6.10 Å². The molecule has 2 nitrogen and oxygen atoms in total. The Morgan fingerprint density at radius 1 is 1.29 bits per heavy atom. The first-order valence-electron chi connectivity index (χ1n) is 6.31. The molecule has 0 radical (unpaired) electrons. The number of aliphatic hydroxyl groups is 1. The van der Waals surface area contributed by atoms with Crippen molar-refractivity contribution in [1.82, 2.24) is 0 Å². The van der Waals surface area contributed by atoms with Crippen LogP contribution in [-0.4, -0.2) is 27.3 Å². The molecule has 1 saturated carbocycles. The van der Waals surface area contributed by atoms with Crippen LogP contribution in [0.25, 0.3) is 0 Å².